The molecule has 1 heterocycles. The molecule has 0 spiro atoms. The average Bonchev–Trinajstić information content (AvgIpc) is 3.20. The number of methoxy groups -OCH3 is 2. The third-order valence-electron chi connectivity index (χ3n) is 3.85. The number of rotatable bonds is 6. The highest BCUT2D eigenvalue weighted by Crippen LogP contribution is 2.30. The predicted octanol–water partition coefficient (Wildman–Crippen LogP) is 4.04. The van der Waals surface area contributed by atoms with E-state index in [1.165, 1.54) is 50.6 Å². The van der Waals surface area contributed by atoms with E-state index in [-0.39, 0.29) is 15.7 Å². The fourth-order valence-corrected chi connectivity index (χ4v) is 3.70. The first kappa shape index (κ1) is 19.8. The topological polar surface area (TPSA) is 94.8 Å². The number of ether oxygens (including phenoxy) is 2. The van der Waals surface area contributed by atoms with Crippen molar-refractivity contribution in [3.05, 3.63) is 65.4 Å². The lowest BCUT2D eigenvalue weighted by Crippen LogP contribution is -2.12. The van der Waals surface area contributed by atoms with Crippen LogP contribution in [0.15, 0.2) is 69.0 Å². The number of amides is 1. The Morgan fingerprint density at radius 2 is 1.71 bits per heavy atom. The molecule has 0 saturated carbocycles. The third-order valence-corrected chi connectivity index (χ3v) is 5.74. The van der Waals surface area contributed by atoms with E-state index < -0.39 is 15.7 Å². The molecule has 0 atom stereocenters. The van der Waals surface area contributed by atoms with Crippen molar-refractivity contribution in [3.63, 3.8) is 0 Å². The second-order valence-electron chi connectivity index (χ2n) is 5.60. The molecule has 0 aliphatic rings. The van der Waals surface area contributed by atoms with Crippen molar-refractivity contribution >= 4 is 33.0 Å². The molecule has 7 nitrogen and oxygen atoms in total. The van der Waals surface area contributed by atoms with Crippen LogP contribution >= 0.6 is 11.6 Å². The van der Waals surface area contributed by atoms with Gasteiger partial charge in [-0.15, -0.1) is 0 Å². The van der Waals surface area contributed by atoms with Gasteiger partial charge in [0.25, 0.3) is 5.91 Å². The Hall–Kier alpha value is -2.97. The first-order valence-electron chi connectivity index (χ1n) is 7.99. The van der Waals surface area contributed by atoms with Gasteiger partial charge in [-0.25, -0.2) is 8.42 Å². The van der Waals surface area contributed by atoms with E-state index in [9.17, 15) is 13.2 Å². The standard InChI is InChI=1S/C19H16ClNO6S/c1-25-13-5-8-15(17(11-13)26-2)21-19(22)16-9-10-18(27-16)28(23,24)14-6-3-12(20)4-7-14/h3-11H,1-2H3,(H,21,22). The minimum atomic E-state index is -3.91. The molecule has 3 aromatic rings. The van der Waals surface area contributed by atoms with E-state index in [2.05, 4.69) is 5.32 Å². The van der Waals surface area contributed by atoms with Gasteiger partial charge >= 0.3 is 0 Å². The van der Waals surface area contributed by atoms with E-state index in [0.717, 1.165) is 0 Å². The second-order valence-corrected chi connectivity index (χ2v) is 7.91. The van der Waals surface area contributed by atoms with Gasteiger partial charge in [0.2, 0.25) is 14.9 Å². The molecule has 28 heavy (non-hydrogen) atoms. The predicted molar refractivity (Wildman–Crippen MR) is 103 cm³/mol. The Bertz CT molecular complexity index is 1110. The summed E-state index contributed by atoms with van der Waals surface area (Å²) in [5, 5.41) is 2.68. The van der Waals surface area contributed by atoms with Crippen LogP contribution in [0.1, 0.15) is 10.6 Å². The monoisotopic (exact) mass is 421 g/mol. The number of carbonyl (C=O) groups excluding carboxylic acids is 1. The Labute approximate surface area is 166 Å². The van der Waals surface area contributed by atoms with E-state index in [4.69, 9.17) is 25.5 Å². The first-order valence-corrected chi connectivity index (χ1v) is 9.85. The van der Waals surface area contributed by atoms with Gasteiger partial charge in [-0.3, -0.25) is 4.79 Å². The number of hydrogen-bond donors (Lipinski definition) is 1. The molecule has 0 unspecified atom stereocenters. The molecule has 3 rings (SSSR count). The fourth-order valence-electron chi connectivity index (χ4n) is 2.40. The molecule has 0 aliphatic carbocycles. The Morgan fingerprint density at radius 3 is 2.36 bits per heavy atom. The number of benzene rings is 2. The highest BCUT2D eigenvalue weighted by atomic mass is 35.5. The van der Waals surface area contributed by atoms with Crippen LogP contribution in [0.2, 0.25) is 5.02 Å². The number of sulfone groups is 1. The summed E-state index contributed by atoms with van der Waals surface area (Å²) in [5.74, 6) is 0.156. The lowest BCUT2D eigenvalue weighted by molar-refractivity contribution is 0.0991. The summed E-state index contributed by atoms with van der Waals surface area (Å²) >= 11 is 5.78. The van der Waals surface area contributed by atoms with Gasteiger partial charge in [0.1, 0.15) is 11.5 Å². The Morgan fingerprint density at radius 1 is 1.00 bits per heavy atom. The second kappa shape index (κ2) is 7.95. The SMILES string of the molecule is COc1ccc(NC(=O)c2ccc(S(=O)(=O)c3ccc(Cl)cc3)o2)c(OC)c1. The molecule has 9 heteroatoms. The van der Waals surface area contributed by atoms with E-state index >= 15 is 0 Å². The molecule has 0 radical (unpaired) electrons. The molecule has 2 aromatic carbocycles. The highest BCUT2D eigenvalue weighted by molar-refractivity contribution is 7.91. The minimum absolute atomic E-state index is 0.00929. The van der Waals surface area contributed by atoms with Crippen LogP contribution in [0.4, 0.5) is 5.69 Å². The van der Waals surface area contributed by atoms with Gasteiger partial charge in [-0.2, -0.15) is 0 Å². The number of halogens is 1. The van der Waals surface area contributed by atoms with Crippen molar-refractivity contribution in [1.29, 1.82) is 0 Å². The zero-order chi connectivity index (χ0) is 20.3. The molecule has 0 saturated heterocycles. The molecule has 146 valence electrons. The number of furan rings is 1. The molecule has 0 fully saturated rings. The van der Waals surface area contributed by atoms with Crippen molar-refractivity contribution in [3.8, 4) is 11.5 Å². The summed E-state index contributed by atoms with van der Waals surface area (Å²) < 4.78 is 40.8. The molecule has 1 N–H and O–H groups in total. The summed E-state index contributed by atoms with van der Waals surface area (Å²) in [6.07, 6.45) is 0. The maximum absolute atomic E-state index is 12.6. The van der Waals surface area contributed by atoms with Crippen molar-refractivity contribution in [2.24, 2.45) is 0 Å². The van der Waals surface area contributed by atoms with Gasteiger partial charge in [0.05, 0.1) is 24.8 Å². The van der Waals surface area contributed by atoms with E-state index in [0.29, 0.717) is 22.2 Å². The quantitative estimate of drug-likeness (QED) is 0.645. The molecule has 0 bridgehead atoms. The van der Waals surface area contributed by atoms with Gasteiger partial charge in [0.15, 0.2) is 5.76 Å². The lowest BCUT2D eigenvalue weighted by atomic mass is 10.2. The van der Waals surface area contributed by atoms with Crippen molar-refractivity contribution in [1.82, 2.24) is 0 Å². The van der Waals surface area contributed by atoms with Gasteiger partial charge in [0, 0.05) is 11.1 Å². The first-order chi connectivity index (χ1) is 13.3. The van der Waals surface area contributed by atoms with Crippen molar-refractivity contribution < 1.29 is 27.1 Å². The molecular weight excluding hydrogens is 406 g/mol. The van der Waals surface area contributed by atoms with Crippen LogP contribution in [-0.2, 0) is 9.84 Å². The summed E-state index contributed by atoms with van der Waals surface area (Å²) in [6.45, 7) is 0. The van der Waals surface area contributed by atoms with Crippen LogP contribution < -0.4 is 14.8 Å². The zero-order valence-corrected chi connectivity index (χ0v) is 16.5. The van der Waals surface area contributed by atoms with Crippen molar-refractivity contribution in [2.45, 2.75) is 9.99 Å². The van der Waals surface area contributed by atoms with Gasteiger partial charge < -0.3 is 19.2 Å². The highest BCUT2D eigenvalue weighted by Gasteiger charge is 2.24. The number of hydrogen-bond acceptors (Lipinski definition) is 6. The molecule has 0 aliphatic heterocycles. The maximum atomic E-state index is 12.6. The van der Waals surface area contributed by atoms with Crippen LogP contribution in [0.25, 0.3) is 0 Å². The van der Waals surface area contributed by atoms with Crippen LogP contribution in [0, 0.1) is 0 Å². The van der Waals surface area contributed by atoms with Gasteiger partial charge in [-0.05, 0) is 48.5 Å². The Kier molecular flexibility index (Phi) is 5.62. The van der Waals surface area contributed by atoms with E-state index in [1.54, 1.807) is 18.2 Å². The number of nitrogens with one attached hydrogen (secondary N) is 1. The van der Waals surface area contributed by atoms with Crippen molar-refractivity contribution in [2.75, 3.05) is 19.5 Å². The maximum Gasteiger partial charge on any atom is 0.291 e. The number of anilines is 1. The molecule has 1 aromatic heterocycles. The summed E-state index contributed by atoms with van der Waals surface area (Å²) in [4.78, 5) is 12.5. The van der Waals surface area contributed by atoms with Crippen LogP contribution in [0.5, 0.6) is 11.5 Å². The van der Waals surface area contributed by atoms with Gasteiger partial charge in [-0.1, -0.05) is 11.6 Å². The average molecular weight is 422 g/mol. The smallest absolute Gasteiger partial charge is 0.291 e. The Balaban J connectivity index is 1.84. The van der Waals surface area contributed by atoms with Crippen LogP contribution in [-0.4, -0.2) is 28.5 Å². The molecule has 1 amide bonds. The fraction of sp³-hybridized carbons (Fsp3) is 0.105. The summed E-state index contributed by atoms with van der Waals surface area (Å²) in [6, 6.07) is 13.0. The zero-order valence-electron chi connectivity index (χ0n) is 14.9. The summed E-state index contributed by atoms with van der Waals surface area (Å²) in [7, 11) is -0.945. The van der Waals surface area contributed by atoms with Crippen LogP contribution in [0.3, 0.4) is 0 Å². The normalized spacial score (nSPS) is 11.1. The lowest BCUT2D eigenvalue weighted by Gasteiger charge is -2.10. The minimum Gasteiger partial charge on any atom is -0.497 e. The summed E-state index contributed by atoms with van der Waals surface area (Å²) in [5.41, 5.74) is 0.381. The number of carbonyl (C=O) groups is 1. The molecular formula is C19H16ClNO6S. The largest absolute Gasteiger partial charge is 0.497 e. The third kappa shape index (κ3) is 3.97. The van der Waals surface area contributed by atoms with E-state index in [1.807, 2.05) is 0 Å².